The maximum absolute atomic E-state index is 13.0. The van der Waals surface area contributed by atoms with Crippen molar-refractivity contribution in [2.24, 2.45) is 5.73 Å². The van der Waals surface area contributed by atoms with Gasteiger partial charge in [0.2, 0.25) is 0 Å². The Kier molecular flexibility index (Phi) is 6.71. The average molecular weight is 377 g/mol. The molecule has 0 bridgehead atoms. The fraction of sp³-hybridized carbons (Fsp3) is 0.474. The van der Waals surface area contributed by atoms with E-state index in [0.29, 0.717) is 38.4 Å². The lowest BCUT2D eigenvalue weighted by Crippen LogP contribution is -2.41. The monoisotopic (exact) mass is 377 g/mol. The van der Waals surface area contributed by atoms with Crippen molar-refractivity contribution < 1.29 is 13.9 Å². The molecule has 1 saturated heterocycles. The Labute approximate surface area is 157 Å². The summed E-state index contributed by atoms with van der Waals surface area (Å²) in [6, 6.07) is 6.37. The highest BCUT2D eigenvalue weighted by Crippen LogP contribution is 2.19. The average Bonchev–Trinajstić information content (AvgIpc) is 3.12. The van der Waals surface area contributed by atoms with Gasteiger partial charge in [-0.3, -0.25) is 4.79 Å². The van der Waals surface area contributed by atoms with E-state index in [1.807, 2.05) is 10.3 Å². The zero-order valence-electron chi connectivity index (χ0n) is 14.7. The fourth-order valence-corrected chi connectivity index (χ4v) is 3.79. The van der Waals surface area contributed by atoms with Gasteiger partial charge in [0.05, 0.1) is 11.1 Å². The summed E-state index contributed by atoms with van der Waals surface area (Å²) in [7, 11) is 0. The van der Waals surface area contributed by atoms with Gasteiger partial charge in [0.25, 0.3) is 5.91 Å². The van der Waals surface area contributed by atoms with Crippen molar-refractivity contribution in [3.05, 3.63) is 51.7 Å². The Bertz CT molecular complexity index is 712. The van der Waals surface area contributed by atoms with Gasteiger partial charge in [0, 0.05) is 31.5 Å². The molecule has 26 heavy (non-hydrogen) atoms. The number of piperidine rings is 1. The summed E-state index contributed by atoms with van der Waals surface area (Å²) in [4.78, 5) is 19.0. The van der Waals surface area contributed by atoms with Crippen LogP contribution in [-0.2, 0) is 11.2 Å². The van der Waals surface area contributed by atoms with Crippen molar-refractivity contribution in [3.63, 3.8) is 0 Å². The quantitative estimate of drug-likeness (QED) is 0.754. The number of nitrogens with two attached hydrogens (primary N) is 1. The number of rotatable bonds is 7. The Morgan fingerprint density at radius 1 is 1.31 bits per heavy atom. The number of hydrogen-bond donors (Lipinski definition) is 1. The zero-order chi connectivity index (χ0) is 18.4. The van der Waals surface area contributed by atoms with Crippen LogP contribution in [0.3, 0.4) is 0 Å². The zero-order valence-corrected chi connectivity index (χ0v) is 15.5. The molecule has 1 fully saturated rings. The summed E-state index contributed by atoms with van der Waals surface area (Å²) in [5.41, 5.74) is 6.95. The maximum Gasteiger partial charge on any atom is 0.273 e. The number of ether oxygens (including phenoxy) is 1. The summed E-state index contributed by atoms with van der Waals surface area (Å²) in [6.07, 6.45) is 3.39. The van der Waals surface area contributed by atoms with Crippen molar-refractivity contribution in [2.75, 3.05) is 26.2 Å². The van der Waals surface area contributed by atoms with Crippen molar-refractivity contribution >= 4 is 17.2 Å². The fourth-order valence-electron chi connectivity index (χ4n) is 2.99. The van der Waals surface area contributed by atoms with Gasteiger partial charge < -0.3 is 15.4 Å². The summed E-state index contributed by atoms with van der Waals surface area (Å²) < 4.78 is 18.8. The van der Waals surface area contributed by atoms with Crippen molar-refractivity contribution in [2.45, 2.75) is 31.8 Å². The molecule has 0 unspecified atom stereocenters. The Morgan fingerprint density at radius 2 is 2.04 bits per heavy atom. The van der Waals surface area contributed by atoms with Gasteiger partial charge in [0.1, 0.15) is 11.5 Å². The molecule has 0 spiro atoms. The topological polar surface area (TPSA) is 68.5 Å². The van der Waals surface area contributed by atoms with Gasteiger partial charge in [-0.1, -0.05) is 12.1 Å². The van der Waals surface area contributed by atoms with Crippen LogP contribution in [0.5, 0.6) is 0 Å². The van der Waals surface area contributed by atoms with Crippen molar-refractivity contribution in [1.82, 2.24) is 9.88 Å². The Morgan fingerprint density at radius 3 is 2.73 bits per heavy atom. The van der Waals surface area contributed by atoms with Crippen LogP contribution in [0, 0.1) is 5.82 Å². The lowest BCUT2D eigenvalue weighted by atomic mass is 10.1. The van der Waals surface area contributed by atoms with Crippen LogP contribution < -0.4 is 5.73 Å². The molecule has 1 aliphatic rings. The Balaban J connectivity index is 1.51. The number of amides is 1. The number of carbonyl (C=O) groups excluding carboxylic acids is 1. The number of carbonyl (C=O) groups is 1. The minimum absolute atomic E-state index is 0.0213. The predicted molar refractivity (Wildman–Crippen MR) is 99.9 cm³/mol. The molecule has 1 aromatic heterocycles. The first-order chi connectivity index (χ1) is 12.7. The molecule has 0 saturated carbocycles. The molecule has 0 radical (unpaired) electrons. The molecule has 140 valence electrons. The highest BCUT2D eigenvalue weighted by molar-refractivity contribution is 7.09. The van der Waals surface area contributed by atoms with Gasteiger partial charge in [-0.25, -0.2) is 9.37 Å². The number of likely N-dealkylation sites (tertiary alicyclic amines) is 1. The van der Waals surface area contributed by atoms with Crippen LogP contribution in [0.2, 0.25) is 0 Å². The van der Waals surface area contributed by atoms with Gasteiger partial charge in [-0.15, -0.1) is 11.3 Å². The summed E-state index contributed by atoms with van der Waals surface area (Å²) in [6.45, 7) is 2.71. The van der Waals surface area contributed by atoms with E-state index in [1.165, 1.54) is 23.5 Å². The molecule has 5 nitrogen and oxygen atoms in total. The lowest BCUT2D eigenvalue weighted by Gasteiger charge is -2.31. The first kappa shape index (κ1) is 18.9. The number of halogens is 1. The highest BCUT2D eigenvalue weighted by Gasteiger charge is 2.25. The van der Waals surface area contributed by atoms with E-state index in [0.717, 1.165) is 29.8 Å². The third kappa shape index (κ3) is 5.09. The number of benzene rings is 1. The second-order valence-electron chi connectivity index (χ2n) is 6.43. The molecule has 1 aromatic carbocycles. The van der Waals surface area contributed by atoms with Gasteiger partial charge in [0.15, 0.2) is 0 Å². The molecule has 1 aliphatic heterocycles. The van der Waals surface area contributed by atoms with Crippen LogP contribution in [0.15, 0.2) is 29.6 Å². The van der Waals surface area contributed by atoms with E-state index >= 15 is 0 Å². The van der Waals surface area contributed by atoms with Crippen LogP contribution in [-0.4, -0.2) is 48.1 Å². The normalized spacial score (nSPS) is 15.4. The van der Waals surface area contributed by atoms with Crippen LogP contribution in [0.25, 0.3) is 0 Å². The van der Waals surface area contributed by atoms with Crippen molar-refractivity contribution in [1.29, 1.82) is 0 Å². The summed E-state index contributed by atoms with van der Waals surface area (Å²) >= 11 is 1.47. The third-order valence-corrected chi connectivity index (χ3v) is 5.32. The summed E-state index contributed by atoms with van der Waals surface area (Å²) in [5, 5.41) is 2.67. The smallest absolute Gasteiger partial charge is 0.273 e. The van der Waals surface area contributed by atoms with E-state index in [2.05, 4.69) is 4.98 Å². The van der Waals surface area contributed by atoms with Crippen molar-refractivity contribution in [3.8, 4) is 0 Å². The summed E-state index contributed by atoms with van der Waals surface area (Å²) in [5.74, 6) is -0.272. The van der Waals surface area contributed by atoms with E-state index in [9.17, 15) is 9.18 Å². The standard InChI is InChI=1S/C19H24FN3O2S/c20-15-4-2-14(3-5-15)12-18-22-17(13-26-18)19(24)23-9-6-16(7-10-23)25-11-1-8-21/h2-5,13,16H,1,6-12,21H2. The van der Waals surface area contributed by atoms with Crippen LogP contribution in [0.4, 0.5) is 4.39 Å². The second kappa shape index (κ2) is 9.21. The van der Waals surface area contributed by atoms with Crippen LogP contribution >= 0.6 is 11.3 Å². The third-order valence-electron chi connectivity index (χ3n) is 4.47. The second-order valence-corrected chi connectivity index (χ2v) is 7.38. The van der Waals surface area contributed by atoms with Gasteiger partial charge in [-0.2, -0.15) is 0 Å². The Hall–Kier alpha value is -1.83. The number of aromatic nitrogens is 1. The minimum Gasteiger partial charge on any atom is -0.378 e. The number of hydrogen-bond acceptors (Lipinski definition) is 5. The molecule has 0 aliphatic carbocycles. The van der Waals surface area contributed by atoms with E-state index in [-0.39, 0.29) is 17.8 Å². The molecule has 3 rings (SSSR count). The minimum atomic E-state index is -0.251. The number of thiazole rings is 1. The van der Waals surface area contributed by atoms with E-state index in [1.54, 1.807) is 12.1 Å². The molecular formula is C19H24FN3O2S. The molecule has 0 atom stereocenters. The molecule has 2 N–H and O–H groups in total. The van der Waals surface area contributed by atoms with Crippen LogP contribution in [0.1, 0.15) is 40.3 Å². The molecule has 7 heteroatoms. The predicted octanol–water partition coefficient (Wildman–Crippen LogP) is 2.84. The molecule has 2 heterocycles. The number of nitrogens with zero attached hydrogens (tertiary/aromatic N) is 2. The van der Waals surface area contributed by atoms with E-state index in [4.69, 9.17) is 10.5 Å². The molecule has 2 aromatic rings. The van der Waals surface area contributed by atoms with E-state index < -0.39 is 0 Å². The largest absolute Gasteiger partial charge is 0.378 e. The highest BCUT2D eigenvalue weighted by atomic mass is 32.1. The van der Waals surface area contributed by atoms with Gasteiger partial charge in [-0.05, 0) is 43.5 Å². The van der Waals surface area contributed by atoms with Gasteiger partial charge >= 0.3 is 0 Å². The first-order valence-corrected chi connectivity index (χ1v) is 9.83. The SMILES string of the molecule is NCCCOC1CCN(C(=O)c2csc(Cc3ccc(F)cc3)n2)CC1. The first-order valence-electron chi connectivity index (χ1n) is 8.95. The maximum atomic E-state index is 13.0. The molecular weight excluding hydrogens is 353 g/mol. The lowest BCUT2D eigenvalue weighted by molar-refractivity contribution is 0.00830. The molecule has 1 amide bonds.